The summed E-state index contributed by atoms with van der Waals surface area (Å²) in [5.41, 5.74) is 0.778. The van der Waals surface area contributed by atoms with Gasteiger partial charge in [0.05, 0.1) is 6.20 Å². The highest BCUT2D eigenvalue weighted by Gasteiger charge is 2.13. The molecule has 0 aliphatic heterocycles. The standard InChI is InChI=1S/C15H14FN5OS/c1-2-4-21-9-13(19-20-21)18-14(22)10-6-11(8-12(16)7-10)15-17-3-5-23-15/h3,5-9H,2,4H2,1H3,(H,18,22). The Morgan fingerprint density at radius 3 is 3.00 bits per heavy atom. The van der Waals surface area contributed by atoms with Crippen molar-refractivity contribution < 1.29 is 9.18 Å². The van der Waals surface area contributed by atoms with E-state index in [4.69, 9.17) is 0 Å². The molecule has 0 radical (unpaired) electrons. The lowest BCUT2D eigenvalue weighted by Gasteiger charge is -2.04. The summed E-state index contributed by atoms with van der Waals surface area (Å²) in [5.74, 6) is -0.591. The van der Waals surface area contributed by atoms with Crippen LogP contribution in [0.1, 0.15) is 23.7 Å². The molecule has 1 N–H and O–H groups in total. The van der Waals surface area contributed by atoms with Crippen LogP contribution >= 0.6 is 11.3 Å². The lowest BCUT2D eigenvalue weighted by molar-refractivity contribution is 0.102. The number of aryl methyl sites for hydroxylation is 1. The predicted octanol–water partition coefficient (Wildman–Crippen LogP) is 3.20. The van der Waals surface area contributed by atoms with E-state index >= 15 is 0 Å². The van der Waals surface area contributed by atoms with Gasteiger partial charge in [0.25, 0.3) is 5.91 Å². The molecule has 2 heterocycles. The number of nitrogens with zero attached hydrogens (tertiary/aromatic N) is 4. The van der Waals surface area contributed by atoms with Gasteiger partial charge in [-0.25, -0.2) is 9.37 Å². The Hall–Kier alpha value is -2.61. The number of rotatable bonds is 5. The maximum atomic E-state index is 13.8. The summed E-state index contributed by atoms with van der Waals surface area (Å²) in [4.78, 5) is 16.4. The minimum atomic E-state index is -0.488. The number of anilines is 1. The average Bonchev–Trinajstić information content (AvgIpc) is 3.19. The lowest BCUT2D eigenvalue weighted by Crippen LogP contribution is -2.12. The van der Waals surface area contributed by atoms with E-state index in [9.17, 15) is 9.18 Å². The first-order valence-corrected chi connectivity index (χ1v) is 7.95. The Kier molecular flexibility index (Phi) is 4.42. The Morgan fingerprint density at radius 2 is 2.26 bits per heavy atom. The molecule has 0 fully saturated rings. The number of hydrogen-bond donors (Lipinski definition) is 1. The van der Waals surface area contributed by atoms with Gasteiger partial charge in [-0.1, -0.05) is 12.1 Å². The third kappa shape index (κ3) is 3.59. The molecule has 0 saturated heterocycles. The number of halogens is 1. The van der Waals surface area contributed by atoms with Crippen LogP contribution in [0.5, 0.6) is 0 Å². The summed E-state index contributed by atoms with van der Waals surface area (Å²) in [7, 11) is 0. The first-order valence-electron chi connectivity index (χ1n) is 7.07. The minimum Gasteiger partial charge on any atom is -0.304 e. The van der Waals surface area contributed by atoms with E-state index in [-0.39, 0.29) is 5.56 Å². The van der Waals surface area contributed by atoms with Gasteiger partial charge in [-0.05, 0) is 24.6 Å². The molecule has 6 nitrogen and oxygen atoms in total. The second-order valence-corrected chi connectivity index (χ2v) is 5.78. The fraction of sp³-hybridized carbons (Fsp3) is 0.200. The monoisotopic (exact) mass is 331 g/mol. The molecule has 3 aromatic rings. The highest BCUT2D eigenvalue weighted by molar-refractivity contribution is 7.13. The van der Waals surface area contributed by atoms with Gasteiger partial charge >= 0.3 is 0 Å². The Labute approximate surface area is 136 Å². The van der Waals surface area contributed by atoms with Crippen molar-refractivity contribution in [2.75, 3.05) is 5.32 Å². The first-order chi connectivity index (χ1) is 11.2. The highest BCUT2D eigenvalue weighted by Crippen LogP contribution is 2.24. The quantitative estimate of drug-likeness (QED) is 0.779. The molecule has 118 valence electrons. The smallest absolute Gasteiger partial charge is 0.257 e. The zero-order valence-electron chi connectivity index (χ0n) is 12.4. The van der Waals surface area contributed by atoms with Crippen molar-refractivity contribution in [3.63, 3.8) is 0 Å². The van der Waals surface area contributed by atoms with Crippen LogP contribution in [0.4, 0.5) is 10.2 Å². The van der Waals surface area contributed by atoms with Gasteiger partial charge in [-0.15, -0.1) is 16.4 Å². The first kappa shape index (κ1) is 15.3. The van der Waals surface area contributed by atoms with Crippen molar-refractivity contribution in [1.29, 1.82) is 0 Å². The molecule has 23 heavy (non-hydrogen) atoms. The van der Waals surface area contributed by atoms with Crippen molar-refractivity contribution in [2.45, 2.75) is 19.9 Å². The van der Waals surface area contributed by atoms with Crippen molar-refractivity contribution in [3.05, 3.63) is 47.4 Å². The van der Waals surface area contributed by atoms with Crippen LogP contribution in [-0.4, -0.2) is 25.9 Å². The minimum absolute atomic E-state index is 0.209. The van der Waals surface area contributed by atoms with Crippen LogP contribution in [0, 0.1) is 5.82 Å². The number of carbonyl (C=O) groups excluding carboxylic acids is 1. The van der Waals surface area contributed by atoms with Gasteiger partial charge in [0, 0.05) is 29.2 Å². The molecule has 0 spiro atoms. The van der Waals surface area contributed by atoms with Crippen LogP contribution in [0.15, 0.2) is 36.0 Å². The molecule has 0 bridgehead atoms. The number of aromatic nitrogens is 4. The second-order valence-electron chi connectivity index (χ2n) is 4.89. The average molecular weight is 331 g/mol. The van der Waals surface area contributed by atoms with Gasteiger partial charge in [-0.3, -0.25) is 9.48 Å². The Balaban J connectivity index is 1.81. The molecule has 3 rings (SSSR count). The summed E-state index contributed by atoms with van der Waals surface area (Å²) < 4.78 is 15.4. The summed E-state index contributed by atoms with van der Waals surface area (Å²) in [6.07, 6.45) is 4.19. The van der Waals surface area contributed by atoms with E-state index in [1.807, 2.05) is 6.92 Å². The van der Waals surface area contributed by atoms with Crippen molar-refractivity contribution in [1.82, 2.24) is 20.0 Å². The number of hydrogen-bond acceptors (Lipinski definition) is 5. The summed E-state index contributed by atoms with van der Waals surface area (Å²) in [6.45, 7) is 2.74. The van der Waals surface area contributed by atoms with E-state index in [0.29, 0.717) is 16.4 Å². The summed E-state index contributed by atoms with van der Waals surface area (Å²) in [5, 5.41) is 12.8. The van der Waals surface area contributed by atoms with Gasteiger partial charge in [0.15, 0.2) is 5.82 Å². The van der Waals surface area contributed by atoms with Crippen LogP contribution in [0.3, 0.4) is 0 Å². The number of amides is 1. The van der Waals surface area contributed by atoms with E-state index < -0.39 is 11.7 Å². The van der Waals surface area contributed by atoms with Crippen LogP contribution in [-0.2, 0) is 6.54 Å². The third-order valence-corrected chi connectivity index (χ3v) is 3.89. The zero-order chi connectivity index (χ0) is 16.2. The van der Waals surface area contributed by atoms with Crippen molar-refractivity contribution >= 4 is 23.1 Å². The Bertz CT molecular complexity index is 815. The van der Waals surface area contributed by atoms with E-state index in [2.05, 4.69) is 20.6 Å². The Morgan fingerprint density at radius 1 is 1.39 bits per heavy atom. The van der Waals surface area contributed by atoms with E-state index in [0.717, 1.165) is 13.0 Å². The molecule has 0 saturated carbocycles. The molecule has 0 aliphatic carbocycles. The molecular formula is C15H14FN5OS. The van der Waals surface area contributed by atoms with Crippen molar-refractivity contribution in [2.24, 2.45) is 0 Å². The summed E-state index contributed by atoms with van der Waals surface area (Å²) >= 11 is 1.38. The van der Waals surface area contributed by atoms with Crippen LogP contribution in [0.2, 0.25) is 0 Å². The largest absolute Gasteiger partial charge is 0.304 e. The fourth-order valence-electron chi connectivity index (χ4n) is 2.09. The molecule has 1 amide bonds. The SMILES string of the molecule is CCCn1cc(NC(=O)c2cc(F)cc(-c3nccs3)c2)nn1. The van der Waals surface area contributed by atoms with Crippen LogP contribution in [0.25, 0.3) is 10.6 Å². The number of thiazole rings is 1. The van der Waals surface area contributed by atoms with Gasteiger partial charge < -0.3 is 5.32 Å². The van der Waals surface area contributed by atoms with Gasteiger partial charge in [0.1, 0.15) is 10.8 Å². The number of benzene rings is 1. The van der Waals surface area contributed by atoms with E-state index in [1.165, 1.54) is 23.5 Å². The molecule has 0 atom stereocenters. The van der Waals surface area contributed by atoms with Gasteiger partial charge in [0.2, 0.25) is 0 Å². The normalized spacial score (nSPS) is 10.7. The van der Waals surface area contributed by atoms with Crippen molar-refractivity contribution in [3.8, 4) is 10.6 Å². The maximum Gasteiger partial charge on any atom is 0.257 e. The molecule has 0 aliphatic rings. The van der Waals surface area contributed by atoms with Gasteiger partial charge in [-0.2, -0.15) is 0 Å². The second kappa shape index (κ2) is 6.66. The molecule has 2 aromatic heterocycles. The molecule has 1 aromatic carbocycles. The van der Waals surface area contributed by atoms with Crippen LogP contribution < -0.4 is 5.32 Å². The number of carbonyl (C=O) groups is 1. The topological polar surface area (TPSA) is 72.7 Å². The highest BCUT2D eigenvalue weighted by atomic mass is 32.1. The fourth-order valence-corrected chi connectivity index (χ4v) is 2.72. The molecular weight excluding hydrogens is 317 g/mol. The lowest BCUT2D eigenvalue weighted by atomic mass is 10.1. The number of nitrogens with one attached hydrogen (secondary N) is 1. The molecule has 0 unspecified atom stereocenters. The maximum absolute atomic E-state index is 13.8. The zero-order valence-corrected chi connectivity index (χ0v) is 13.2. The predicted molar refractivity (Wildman–Crippen MR) is 85.8 cm³/mol. The third-order valence-electron chi connectivity index (χ3n) is 3.07. The van der Waals surface area contributed by atoms with E-state index in [1.54, 1.807) is 28.5 Å². The summed E-state index contributed by atoms with van der Waals surface area (Å²) in [6, 6.07) is 4.14. The molecule has 8 heteroatoms.